The minimum atomic E-state index is 0.276. The van der Waals surface area contributed by atoms with E-state index in [1.807, 2.05) is 11.8 Å². The van der Waals surface area contributed by atoms with Crippen molar-refractivity contribution in [2.24, 2.45) is 0 Å². The van der Waals surface area contributed by atoms with E-state index in [9.17, 15) is 4.79 Å². The van der Waals surface area contributed by atoms with Gasteiger partial charge in [0.1, 0.15) is 0 Å². The number of nitrogens with one attached hydrogen (secondary N) is 1. The summed E-state index contributed by atoms with van der Waals surface area (Å²) in [4.78, 5) is 14.4. The Hall–Kier alpha value is -1.62. The number of carbonyl (C=O) groups is 1. The number of nitrogens with zero attached hydrogens (tertiary/aromatic N) is 2. The fourth-order valence-electron chi connectivity index (χ4n) is 2.94. The molecule has 5 heteroatoms. The van der Waals surface area contributed by atoms with Gasteiger partial charge < -0.3 is 4.90 Å². The average molecular weight is 303 g/mol. The molecule has 3 heterocycles. The van der Waals surface area contributed by atoms with Crippen LogP contribution in [-0.4, -0.2) is 34.1 Å². The van der Waals surface area contributed by atoms with E-state index in [1.54, 1.807) is 11.3 Å². The van der Waals surface area contributed by atoms with Crippen molar-refractivity contribution in [2.75, 3.05) is 13.1 Å². The van der Waals surface area contributed by atoms with Gasteiger partial charge in [-0.1, -0.05) is 0 Å². The molecule has 0 spiro atoms. The maximum Gasteiger partial charge on any atom is 0.222 e. The van der Waals surface area contributed by atoms with Gasteiger partial charge in [-0.3, -0.25) is 9.89 Å². The van der Waals surface area contributed by atoms with E-state index in [1.165, 1.54) is 5.56 Å². The van der Waals surface area contributed by atoms with Crippen molar-refractivity contribution in [3.63, 3.8) is 0 Å². The Morgan fingerprint density at radius 3 is 3.19 bits per heavy atom. The van der Waals surface area contributed by atoms with Crippen molar-refractivity contribution in [3.05, 3.63) is 39.8 Å². The van der Waals surface area contributed by atoms with Gasteiger partial charge in [-0.25, -0.2) is 0 Å². The minimum Gasteiger partial charge on any atom is -0.342 e. The number of aromatic amines is 1. The van der Waals surface area contributed by atoms with Crippen LogP contribution >= 0.6 is 11.3 Å². The molecule has 0 radical (unpaired) electrons. The topological polar surface area (TPSA) is 49.0 Å². The Bertz CT molecular complexity index is 590. The molecule has 0 aliphatic carbocycles. The second-order valence-electron chi connectivity index (χ2n) is 5.79. The lowest BCUT2D eigenvalue weighted by Crippen LogP contribution is -2.39. The van der Waals surface area contributed by atoms with Crippen molar-refractivity contribution in [3.8, 4) is 0 Å². The molecule has 1 aliphatic heterocycles. The smallest absolute Gasteiger partial charge is 0.222 e. The Balaban J connectivity index is 1.56. The highest BCUT2D eigenvalue weighted by Gasteiger charge is 2.25. The van der Waals surface area contributed by atoms with Gasteiger partial charge in [0.25, 0.3) is 0 Å². The normalized spacial score (nSPS) is 18.9. The van der Waals surface area contributed by atoms with Crippen molar-refractivity contribution in [2.45, 2.75) is 38.5 Å². The number of carbonyl (C=O) groups excluding carboxylic acids is 1. The summed E-state index contributed by atoms with van der Waals surface area (Å²) in [7, 11) is 0. The van der Waals surface area contributed by atoms with Crippen LogP contribution in [0.15, 0.2) is 22.9 Å². The third kappa shape index (κ3) is 3.53. The van der Waals surface area contributed by atoms with Crippen molar-refractivity contribution >= 4 is 17.2 Å². The number of piperidine rings is 1. The summed E-state index contributed by atoms with van der Waals surface area (Å²) in [6, 6.07) is 4.20. The minimum absolute atomic E-state index is 0.276. The van der Waals surface area contributed by atoms with Gasteiger partial charge >= 0.3 is 0 Å². The molecule has 2 aromatic rings. The molecule has 0 saturated carbocycles. The zero-order chi connectivity index (χ0) is 14.7. The predicted molar refractivity (Wildman–Crippen MR) is 84.5 cm³/mol. The first-order chi connectivity index (χ1) is 10.2. The first kappa shape index (κ1) is 14.3. The van der Waals surface area contributed by atoms with Crippen LogP contribution in [-0.2, 0) is 11.2 Å². The maximum absolute atomic E-state index is 12.4. The molecule has 1 aliphatic rings. The van der Waals surface area contributed by atoms with E-state index in [0.29, 0.717) is 12.3 Å². The van der Waals surface area contributed by atoms with E-state index in [4.69, 9.17) is 0 Å². The zero-order valence-corrected chi connectivity index (χ0v) is 13.2. The van der Waals surface area contributed by atoms with Crippen LogP contribution in [0.4, 0.5) is 0 Å². The molecule has 3 rings (SSSR count). The zero-order valence-electron chi connectivity index (χ0n) is 12.3. The molecule has 0 aromatic carbocycles. The molecule has 1 amide bonds. The Morgan fingerprint density at radius 1 is 1.57 bits per heavy atom. The molecule has 1 fully saturated rings. The van der Waals surface area contributed by atoms with E-state index in [0.717, 1.165) is 43.7 Å². The highest BCUT2D eigenvalue weighted by atomic mass is 32.1. The van der Waals surface area contributed by atoms with Crippen molar-refractivity contribution < 1.29 is 4.79 Å². The highest BCUT2D eigenvalue weighted by Crippen LogP contribution is 2.26. The standard InChI is InChI=1S/C16H21N3OS/c1-12-9-15(18-17-12)14-3-2-7-19(10-14)16(20)5-4-13-6-8-21-11-13/h6,8-9,11,14H,2-5,7,10H2,1H3,(H,17,18)/t14-/m1/s1. The quantitative estimate of drug-likeness (QED) is 0.943. The lowest BCUT2D eigenvalue weighted by molar-refractivity contribution is -0.132. The molecule has 0 unspecified atom stereocenters. The Morgan fingerprint density at radius 2 is 2.48 bits per heavy atom. The summed E-state index contributed by atoms with van der Waals surface area (Å²) < 4.78 is 0. The van der Waals surface area contributed by atoms with E-state index < -0.39 is 0 Å². The number of likely N-dealkylation sites (tertiary alicyclic amines) is 1. The lowest BCUT2D eigenvalue weighted by Gasteiger charge is -2.32. The van der Waals surface area contributed by atoms with E-state index >= 15 is 0 Å². The molecule has 4 nitrogen and oxygen atoms in total. The van der Waals surface area contributed by atoms with Gasteiger partial charge in [0.15, 0.2) is 0 Å². The van der Waals surface area contributed by atoms with Crippen LogP contribution in [0, 0.1) is 6.92 Å². The third-order valence-electron chi connectivity index (χ3n) is 4.13. The van der Waals surface area contributed by atoms with Gasteiger partial charge in [0, 0.05) is 31.1 Å². The van der Waals surface area contributed by atoms with Gasteiger partial charge in [-0.15, -0.1) is 0 Å². The van der Waals surface area contributed by atoms with Gasteiger partial charge in [0.2, 0.25) is 5.91 Å². The number of H-pyrrole nitrogens is 1. The number of aromatic nitrogens is 2. The van der Waals surface area contributed by atoms with Crippen LogP contribution in [0.2, 0.25) is 0 Å². The van der Waals surface area contributed by atoms with Crippen molar-refractivity contribution in [1.29, 1.82) is 0 Å². The molecule has 0 bridgehead atoms. The summed E-state index contributed by atoms with van der Waals surface area (Å²) >= 11 is 1.69. The molecule has 112 valence electrons. The van der Waals surface area contributed by atoms with Gasteiger partial charge in [-0.05, 0) is 54.6 Å². The molecule has 1 saturated heterocycles. The van der Waals surface area contributed by atoms with Crippen LogP contribution in [0.25, 0.3) is 0 Å². The van der Waals surface area contributed by atoms with Gasteiger partial charge in [0.05, 0.1) is 5.69 Å². The summed E-state index contributed by atoms with van der Waals surface area (Å²) in [5.74, 6) is 0.659. The van der Waals surface area contributed by atoms with Crippen molar-refractivity contribution in [1.82, 2.24) is 15.1 Å². The van der Waals surface area contributed by atoms with Gasteiger partial charge in [-0.2, -0.15) is 16.4 Å². The summed E-state index contributed by atoms with van der Waals surface area (Å²) in [5, 5.41) is 11.5. The second kappa shape index (κ2) is 6.43. The molecule has 1 N–H and O–H groups in total. The predicted octanol–water partition coefficient (Wildman–Crippen LogP) is 3.12. The second-order valence-corrected chi connectivity index (χ2v) is 6.57. The third-order valence-corrected chi connectivity index (χ3v) is 4.86. The number of hydrogen-bond acceptors (Lipinski definition) is 3. The monoisotopic (exact) mass is 303 g/mol. The van der Waals surface area contributed by atoms with E-state index in [-0.39, 0.29) is 5.91 Å². The summed E-state index contributed by atoms with van der Waals surface area (Å²) in [6.07, 6.45) is 3.66. The largest absolute Gasteiger partial charge is 0.342 e. The van der Waals surface area contributed by atoms with E-state index in [2.05, 4.69) is 33.1 Å². The molecule has 21 heavy (non-hydrogen) atoms. The first-order valence-electron chi connectivity index (χ1n) is 7.53. The number of amides is 1. The molecular formula is C16H21N3OS. The molecule has 1 atom stereocenters. The van der Waals surface area contributed by atoms with Crippen LogP contribution in [0.3, 0.4) is 0 Å². The van der Waals surface area contributed by atoms with Crippen LogP contribution in [0.5, 0.6) is 0 Å². The summed E-state index contributed by atoms with van der Waals surface area (Å²) in [5.41, 5.74) is 3.46. The SMILES string of the molecule is Cc1cc([C@@H]2CCCN(C(=O)CCc3ccsc3)C2)n[nH]1. The number of aryl methyl sites for hydroxylation is 2. The molecule has 2 aromatic heterocycles. The Kier molecular flexibility index (Phi) is 4.39. The Labute approximate surface area is 129 Å². The number of thiophene rings is 1. The average Bonchev–Trinajstić information content (AvgIpc) is 3.16. The lowest BCUT2D eigenvalue weighted by atomic mass is 9.94. The first-order valence-corrected chi connectivity index (χ1v) is 8.47. The number of rotatable bonds is 4. The van der Waals surface area contributed by atoms with Crippen LogP contribution < -0.4 is 0 Å². The summed E-state index contributed by atoms with van der Waals surface area (Å²) in [6.45, 7) is 3.72. The number of hydrogen-bond donors (Lipinski definition) is 1. The molecular weight excluding hydrogens is 282 g/mol. The maximum atomic E-state index is 12.4. The fraction of sp³-hybridized carbons (Fsp3) is 0.500. The fourth-order valence-corrected chi connectivity index (χ4v) is 3.64. The highest BCUT2D eigenvalue weighted by molar-refractivity contribution is 7.07. The van der Waals surface area contributed by atoms with Crippen LogP contribution in [0.1, 0.15) is 42.1 Å².